The summed E-state index contributed by atoms with van der Waals surface area (Å²) in [4.78, 5) is 53.0. The van der Waals surface area contributed by atoms with Gasteiger partial charge in [-0.05, 0) is 32.4 Å². The van der Waals surface area contributed by atoms with E-state index < -0.39 is 5.60 Å². The second-order valence-electron chi connectivity index (χ2n) is 8.49. The Labute approximate surface area is 192 Å². The van der Waals surface area contributed by atoms with E-state index in [1.54, 1.807) is 62.4 Å². The molecule has 5 nitrogen and oxygen atoms in total. The zero-order valence-corrected chi connectivity index (χ0v) is 19.0. The molecule has 0 N–H and O–H groups in total. The number of methoxy groups -OCH3 is 1. The van der Waals surface area contributed by atoms with Crippen molar-refractivity contribution in [2.45, 2.75) is 32.8 Å². The number of carbonyl (C=O) groups excluding carboxylic acids is 4. The second kappa shape index (κ2) is 8.34. The Balaban J connectivity index is 1.90. The lowest BCUT2D eigenvalue weighted by Gasteiger charge is -2.30. The van der Waals surface area contributed by atoms with E-state index in [9.17, 15) is 19.2 Å². The summed E-state index contributed by atoms with van der Waals surface area (Å²) >= 11 is 0. The Hall–Kier alpha value is -3.70. The smallest absolute Gasteiger partial charge is 0.194 e. The summed E-state index contributed by atoms with van der Waals surface area (Å²) in [5.41, 5.74) is 1.31. The van der Waals surface area contributed by atoms with Crippen LogP contribution in [0.1, 0.15) is 68.6 Å². The molecule has 2 aliphatic rings. The minimum atomic E-state index is -1.04. The first-order chi connectivity index (χ1) is 15.7. The highest BCUT2D eigenvalue weighted by molar-refractivity contribution is 6.30. The van der Waals surface area contributed by atoms with Crippen molar-refractivity contribution in [3.05, 3.63) is 105 Å². The molecule has 0 atom stereocenters. The third kappa shape index (κ3) is 3.55. The quantitative estimate of drug-likeness (QED) is 0.644. The number of fused-ring (bicyclic) bond motifs is 2. The van der Waals surface area contributed by atoms with Crippen LogP contribution >= 0.6 is 0 Å². The largest absolute Gasteiger partial charge is 0.374 e. The molecule has 2 aromatic rings. The number of ether oxygens (including phenoxy) is 1. The number of Topliss-reactive ketones (excluding diaryl/α,β-unsaturated/α-hetero) is 4. The van der Waals surface area contributed by atoms with Crippen LogP contribution in [0.25, 0.3) is 0 Å². The summed E-state index contributed by atoms with van der Waals surface area (Å²) in [5, 5.41) is 0. The molecule has 0 saturated carbocycles. The lowest BCUT2D eigenvalue weighted by Crippen LogP contribution is -2.36. The maximum absolute atomic E-state index is 13.4. The van der Waals surface area contributed by atoms with Crippen molar-refractivity contribution in [2.24, 2.45) is 0 Å². The number of ketones is 4. The summed E-state index contributed by atoms with van der Waals surface area (Å²) in [6, 6.07) is 13.4. The minimum Gasteiger partial charge on any atom is -0.374 e. The van der Waals surface area contributed by atoms with Gasteiger partial charge in [-0.1, -0.05) is 55.5 Å². The molecule has 0 heterocycles. The monoisotopic (exact) mass is 440 g/mol. The first kappa shape index (κ1) is 22.5. The van der Waals surface area contributed by atoms with Crippen molar-refractivity contribution in [3.8, 4) is 0 Å². The van der Waals surface area contributed by atoms with Crippen LogP contribution in [0.2, 0.25) is 0 Å². The molecular formula is C28H24O5. The number of carbonyl (C=O) groups is 4. The van der Waals surface area contributed by atoms with E-state index in [0.29, 0.717) is 34.2 Å². The zero-order valence-electron chi connectivity index (χ0n) is 19.0. The van der Waals surface area contributed by atoms with Crippen LogP contribution in [0.4, 0.5) is 0 Å². The molecule has 2 aromatic carbocycles. The van der Waals surface area contributed by atoms with Gasteiger partial charge in [0.25, 0.3) is 0 Å². The van der Waals surface area contributed by atoms with Gasteiger partial charge in [-0.25, -0.2) is 0 Å². The number of hydrogen-bond donors (Lipinski definition) is 0. The molecular weight excluding hydrogens is 416 g/mol. The normalized spacial score (nSPS) is 16.6. The number of hydrogen-bond acceptors (Lipinski definition) is 5. The number of rotatable bonds is 5. The fourth-order valence-corrected chi connectivity index (χ4v) is 4.39. The van der Waals surface area contributed by atoms with Gasteiger partial charge < -0.3 is 4.74 Å². The summed E-state index contributed by atoms with van der Waals surface area (Å²) in [6.45, 7) is 5.25. The van der Waals surface area contributed by atoms with Gasteiger partial charge in [0.15, 0.2) is 23.1 Å². The maximum Gasteiger partial charge on any atom is 0.194 e. The molecule has 0 saturated heterocycles. The molecule has 2 aliphatic carbocycles. The standard InChI is InChI=1S/C28H24O5/c1-5-16-21(25(30)18-11-7-6-10-17(18)24(16)29)14-15-22-23(28(2,3)33-4)27(32)20-13-9-8-12-19(20)26(22)31/h6-15H,5H2,1-4H3/b15-14+. The van der Waals surface area contributed by atoms with Crippen LogP contribution < -0.4 is 0 Å². The average Bonchev–Trinajstić information content (AvgIpc) is 2.83. The fraction of sp³-hybridized carbons (Fsp3) is 0.214. The summed E-state index contributed by atoms with van der Waals surface area (Å²) < 4.78 is 5.56. The highest BCUT2D eigenvalue weighted by Crippen LogP contribution is 2.36. The SMILES string of the molecule is CCC1=C(/C=C/C2=C(C(C)(C)OC)C(=O)c3ccccc3C2=O)C(=O)c2ccccc2C1=O. The van der Waals surface area contributed by atoms with Crippen molar-refractivity contribution >= 4 is 23.1 Å². The fourth-order valence-electron chi connectivity index (χ4n) is 4.39. The van der Waals surface area contributed by atoms with Crippen LogP contribution in [0.5, 0.6) is 0 Å². The second-order valence-corrected chi connectivity index (χ2v) is 8.49. The lowest BCUT2D eigenvalue weighted by atomic mass is 9.77. The molecule has 0 amide bonds. The molecule has 5 heteroatoms. The Morgan fingerprint density at radius 3 is 1.61 bits per heavy atom. The van der Waals surface area contributed by atoms with Gasteiger partial charge in [-0.2, -0.15) is 0 Å². The Morgan fingerprint density at radius 1 is 0.697 bits per heavy atom. The Bertz CT molecular complexity index is 1320. The van der Waals surface area contributed by atoms with Gasteiger partial charge in [-0.15, -0.1) is 0 Å². The van der Waals surface area contributed by atoms with Gasteiger partial charge in [-0.3, -0.25) is 19.2 Å². The van der Waals surface area contributed by atoms with Gasteiger partial charge in [0.1, 0.15) is 0 Å². The highest BCUT2D eigenvalue weighted by atomic mass is 16.5. The number of benzene rings is 2. The first-order valence-electron chi connectivity index (χ1n) is 10.8. The predicted octanol–water partition coefficient (Wildman–Crippen LogP) is 5.13. The van der Waals surface area contributed by atoms with Crippen LogP contribution in [0.3, 0.4) is 0 Å². The zero-order chi connectivity index (χ0) is 23.9. The first-order valence-corrected chi connectivity index (χ1v) is 10.8. The molecule has 0 fully saturated rings. The molecule has 0 aromatic heterocycles. The van der Waals surface area contributed by atoms with Gasteiger partial charge in [0.05, 0.1) is 5.60 Å². The number of allylic oxidation sites excluding steroid dienone is 5. The van der Waals surface area contributed by atoms with Gasteiger partial charge in [0.2, 0.25) is 0 Å². The van der Waals surface area contributed by atoms with Gasteiger partial charge in [0, 0.05) is 51.7 Å². The highest BCUT2D eigenvalue weighted by Gasteiger charge is 2.39. The predicted molar refractivity (Wildman–Crippen MR) is 125 cm³/mol. The van der Waals surface area contributed by atoms with E-state index in [2.05, 4.69) is 0 Å². The summed E-state index contributed by atoms with van der Waals surface area (Å²) in [7, 11) is 1.48. The third-order valence-electron chi connectivity index (χ3n) is 6.30. The van der Waals surface area contributed by atoms with Crippen LogP contribution in [0.15, 0.2) is 83.0 Å². The molecule has 0 aliphatic heterocycles. The lowest BCUT2D eigenvalue weighted by molar-refractivity contribution is 0.0484. The Kier molecular flexibility index (Phi) is 5.68. The van der Waals surface area contributed by atoms with Crippen molar-refractivity contribution in [1.82, 2.24) is 0 Å². The van der Waals surface area contributed by atoms with E-state index >= 15 is 0 Å². The molecule has 166 valence electrons. The summed E-state index contributed by atoms with van der Waals surface area (Å²) in [6.07, 6.45) is 3.34. The molecule has 33 heavy (non-hydrogen) atoms. The van der Waals surface area contributed by atoms with Crippen molar-refractivity contribution < 1.29 is 23.9 Å². The van der Waals surface area contributed by atoms with E-state index in [-0.39, 0.29) is 39.9 Å². The van der Waals surface area contributed by atoms with Crippen LogP contribution in [-0.2, 0) is 4.74 Å². The molecule has 0 spiro atoms. The van der Waals surface area contributed by atoms with Crippen molar-refractivity contribution in [2.75, 3.05) is 7.11 Å². The van der Waals surface area contributed by atoms with Crippen LogP contribution in [-0.4, -0.2) is 35.8 Å². The Morgan fingerprint density at radius 2 is 1.12 bits per heavy atom. The van der Waals surface area contributed by atoms with Crippen LogP contribution in [0, 0.1) is 0 Å². The van der Waals surface area contributed by atoms with Crippen molar-refractivity contribution in [1.29, 1.82) is 0 Å². The van der Waals surface area contributed by atoms with Crippen molar-refractivity contribution in [3.63, 3.8) is 0 Å². The molecule has 0 unspecified atom stereocenters. The average molecular weight is 440 g/mol. The third-order valence-corrected chi connectivity index (χ3v) is 6.30. The maximum atomic E-state index is 13.4. The topological polar surface area (TPSA) is 77.5 Å². The van der Waals surface area contributed by atoms with E-state index in [0.717, 1.165) is 0 Å². The molecule has 0 bridgehead atoms. The molecule has 0 radical (unpaired) electrons. The van der Waals surface area contributed by atoms with E-state index in [1.807, 2.05) is 6.92 Å². The van der Waals surface area contributed by atoms with E-state index in [1.165, 1.54) is 19.3 Å². The minimum absolute atomic E-state index is 0.160. The molecule has 4 rings (SSSR count). The summed E-state index contributed by atoms with van der Waals surface area (Å²) in [5.74, 6) is -1.09. The van der Waals surface area contributed by atoms with E-state index in [4.69, 9.17) is 4.74 Å². The van der Waals surface area contributed by atoms with Gasteiger partial charge >= 0.3 is 0 Å².